The van der Waals surface area contributed by atoms with Crippen LogP contribution in [-0.4, -0.2) is 40.4 Å². The Kier molecular flexibility index (Phi) is 3.56. The lowest BCUT2D eigenvalue weighted by atomic mass is 9.97. The van der Waals surface area contributed by atoms with Gasteiger partial charge in [-0.1, -0.05) is 6.07 Å². The molecule has 0 radical (unpaired) electrons. The van der Waals surface area contributed by atoms with Crippen molar-refractivity contribution in [2.24, 2.45) is 0 Å². The minimum atomic E-state index is -0.659. The Bertz CT molecular complexity index is 354. The number of rotatable bonds is 4. The summed E-state index contributed by atoms with van der Waals surface area (Å²) >= 11 is 3.35. The van der Waals surface area contributed by atoms with Crippen LogP contribution in [0.1, 0.15) is 11.8 Å². The second-order valence-corrected chi connectivity index (χ2v) is 6.34. The van der Waals surface area contributed by atoms with Crippen LogP contribution in [0.4, 0.5) is 0 Å². The molecule has 0 atom stereocenters. The highest BCUT2D eigenvalue weighted by Crippen LogP contribution is 2.22. The molecule has 0 aliphatic carbocycles. The van der Waals surface area contributed by atoms with Gasteiger partial charge < -0.3 is 10.0 Å². The Morgan fingerprint density at radius 1 is 1.69 bits per heavy atom. The third-order valence-electron chi connectivity index (χ3n) is 2.47. The number of thiophene rings is 1. The summed E-state index contributed by atoms with van der Waals surface area (Å²) in [5.41, 5.74) is -0.659. The van der Waals surface area contributed by atoms with Crippen LogP contribution in [0.5, 0.6) is 0 Å². The number of hydrogen-bond donors (Lipinski definition) is 1. The highest BCUT2D eigenvalue weighted by molar-refractivity contribution is 7.99. The fourth-order valence-electron chi connectivity index (χ4n) is 1.68. The van der Waals surface area contributed by atoms with Gasteiger partial charge in [-0.15, -0.1) is 23.1 Å². The van der Waals surface area contributed by atoms with Gasteiger partial charge in [-0.25, -0.2) is 0 Å². The zero-order valence-corrected chi connectivity index (χ0v) is 10.8. The van der Waals surface area contributed by atoms with Gasteiger partial charge in [0, 0.05) is 10.6 Å². The van der Waals surface area contributed by atoms with E-state index < -0.39 is 5.60 Å². The topological polar surface area (TPSA) is 40.5 Å². The van der Waals surface area contributed by atoms with E-state index in [1.54, 1.807) is 34.9 Å². The molecule has 1 aromatic heterocycles. The number of nitrogens with zero attached hydrogens (tertiary/aromatic N) is 1. The maximum absolute atomic E-state index is 11.6. The van der Waals surface area contributed by atoms with E-state index in [4.69, 9.17) is 0 Å². The number of carbonyl (C=O) groups excluding carboxylic acids is 1. The van der Waals surface area contributed by atoms with Gasteiger partial charge in [0.05, 0.1) is 24.4 Å². The standard InChI is InChI=1S/C11H15NO2S2/c1-11(14)7-12(8-11)10(13)6-15-5-9-3-2-4-16-9/h2-4,14H,5-8H2,1H3. The van der Waals surface area contributed by atoms with Gasteiger partial charge in [-0.2, -0.15) is 0 Å². The molecule has 2 rings (SSSR count). The van der Waals surface area contributed by atoms with E-state index in [2.05, 4.69) is 6.07 Å². The maximum Gasteiger partial charge on any atom is 0.232 e. The van der Waals surface area contributed by atoms with Crippen LogP contribution in [0.15, 0.2) is 17.5 Å². The average molecular weight is 257 g/mol. The van der Waals surface area contributed by atoms with Crippen molar-refractivity contribution in [1.29, 1.82) is 0 Å². The van der Waals surface area contributed by atoms with Crippen molar-refractivity contribution >= 4 is 29.0 Å². The molecule has 0 saturated carbocycles. The van der Waals surface area contributed by atoms with E-state index in [0.717, 1.165) is 5.75 Å². The predicted octanol–water partition coefficient (Wildman–Crippen LogP) is 1.57. The summed E-state index contributed by atoms with van der Waals surface area (Å²) in [6, 6.07) is 4.10. The molecular weight excluding hydrogens is 242 g/mol. The first-order valence-corrected chi connectivity index (χ1v) is 7.20. The lowest BCUT2D eigenvalue weighted by Crippen LogP contribution is -2.62. The normalized spacial score (nSPS) is 18.2. The Morgan fingerprint density at radius 3 is 3.00 bits per heavy atom. The van der Waals surface area contributed by atoms with Crippen molar-refractivity contribution in [1.82, 2.24) is 4.90 Å². The van der Waals surface area contributed by atoms with E-state index in [-0.39, 0.29) is 5.91 Å². The van der Waals surface area contributed by atoms with Gasteiger partial charge in [0.25, 0.3) is 0 Å². The van der Waals surface area contributed by atoms with Crippen LogP contribution in [0.2, 0.25) is 0 Å². The Balaban J connectivity index is 1.65. The molecule has 1 aliphatic rings. The lowest BCUT2D eigenvalue weighted by Gasteiger charge is -2.44. The number of thioether (sulfide) groups is 1. The predicted molar refractivity (Wildman–Crippen MR) is 67.7 cm³/mol. The van der Waals surface area contributed by atoms with Crippen molar-refractivity contribution < 1.29 is 9.90 Å². The van der Waals surface area contributed by atoms with Gasteiger partial charge in [0.2, 0.25) is 5.91 Å². The molecule has 3 nitrogen and oxygen atoms in total. The molecule has 1 N–H and O–H groups in total. The fourth-order valence-corrected chi connectivity index (χ4v) is 3.45. The minimum absolute atomic E-state index is 0.132. The Morgan fingerprint density at radius 2 is 2.44 bits per heavy atom. The number of carbonyl (C=O) groups is 1. The van der Waals surface area contributed by atoms with E-state index in [9.17, 15) is 9.90 Å². The molecule has 1 aliphatic heterocycles. The largest absolute Gasteiger partial charge is 0.386 e. The molecule has 0 unspecified atom stereocenters. The maximum atomic E-state index is 11.6. The van der Waals surface area contributed by atoms with Crippen molar-refractivity contribution in [2.75, 3.05) is 18.8 Å². The molecule has 1 aromatic rings. The number of β-amino-alcohol motifs (C(OH)–C–C–N with tert-alkyl or cyclic N) is 1. The summed E-state index contributed by atoms with van der Waals surface area (Å²) in [4.78, 5) is 14.6. The third-order valence-corrected chi connectivity index (χ3v) is 4.49. The van der Waals surface area contributed by atoms with Gasteiger partial charge in [-0.05, 0) is 18.4 Å². The van der Waals surface area contributed by atoms with E-state index >= 15 is 0 Å². The van der Waals surface area contributed by atoms with Crippen molar-refractivity contribution in [3.05, 3.63) is 22.4 Å². The van der Waals surface area contributed by atoms with Gasteiger partial charge in [0.1, 0.15) is 0 Å². The molecule has 16 heavy (non-hydrogen) atoms. The first-order chi connectivity index (χ1) is 7.57. The number of likely N-dealkylation sites (tertiary alicyclic amines) is 1. The van der Waals surface area contributed by atoms with Gasteiger partial charge >= 0.3 is 0 Å². The Hall–Kier alpha value is -0.520. The molecule has 1 saturated heterocycles. The molecule has 1 amide bonds. The average Bonchev–Trinajstić information content (AvgIpc) is 2.66. The summed E-state index contributed by atoms with van der Waals surface area (Å²) in [5.74, 6) is 1.54. The van der Waals surface area contributed by atoms with Gasteiger partial charge in [0.15, 0.2) is 0 Å². The first kappa shape index (κ1) is 12.0. The molecule has 88 valence electrons. The SMILES string of the molecule is CC1(O)CN(C(=O)CSCc2cccs2)C1. The smallest absolute Gasteiger partial charge is 0.232 e. The third kappa shape index (κ3) is 2.99. The molecule has 0 aromatic carbocycles. The summed E-state index contributed by atoms with van der Waals surface area (Å²) in [6.45, 7) is 2.71. The minimum Gasteiger partial charge on any atom is -0.386 e. The molecule has 2 heterocycles. The van der Waals surface area contributed by atoms with Crippen LogP contribution in [-0.2, 0) is 10.5 Å². The van der Waals surface area contributed by atoms with Crippen LogP contribution in [0.25, 0.3) is 0 Å². The van der Waals surface area contributed by atoms with Gasteiger partial charge in [-0.3, -0.25) is 4.79 Å². The van der Waals surface area contributed by atoms with Crippen LogP contribution in [0, 0.1) is 0 Å². The molecule has 5 heteroatoms. The van der Waals surface area contributed by atoms with Crippen LogP contribution in [0.3, 0.4) is 0 Å². The first-order valence-electron chi connectivity index (χ1n) is 5.17. The van der Waals surface area contributed by atoms with Crippen molar-refractivity contribution in [3.63, 3.8) is 0 Å². The fraction of sp³-hybridized carbons (Fsp3) is 0.545. The lowest BCUT2D eigenvalue weighted by molar-refractivity contribution is -0.149. The van der Waals surface area contributed by atoms with Crippen LogP contribution < -0.4 is 0 Å². The zero-order valence-electron chi connectivity index (χ0n) is 9.18. The van der Waals surface area contributed by atoms with Crippen molar-refractivity contribution in [3.8, 4) is 0 Å². The zero-order chi connectivity index (χ0) is 11.6. The number of hydrogen-bond acceptors (Lipinski definition) is 4. The van der Waals surface area contributed by atoms with Crippen LogP contribution >= 0.6 is 23.1 Å². The summed E-state index contributed by atoms with van der Waals surface area (Å²) in [7, 11) is 0. The molecular formula is C11H15NO2S2. The van der Waals surface area contributed by atoms with Crippen molar-refractivity contribution in [2.45, 2.75) is 18.3 Å². The van der Waals surface area contributed by atoms with E-state index in [1.165, 1.54) is 4.88 Å². The highest BCUT2D eigenvalue weighted by Gasteiger charge is 2.38. The van der Waals surface area contributed by atoms with E-state index in [0.29, 0.717) is 18.8 Å². The summed E-state index contributed by atoms with van der Waals surface area (Å²) in [6.07, 6.45) is 0. The monoisotopic (exact) mass is 257 g/mol. The molecule has 0 bridgehead atoms. The second kappa shape index (κ2) is 4.77. The summed E-state index contributed by atoms with van der Waals surface area (Å²) < 4.78 is 0. The highest BCUT2D eigenvalue weighted by atomic mass is 32.2. The quantitative estimate of drug-likeness (QED) is 0.890. The Labute approximate surface area is 103 Å². The summed E-state index contributed by atoms with van der Waals surface area (Å²) in [5, 5.41) is 11.6. The molecule has 1 fully saturated rings. The second-order valence-electron chi connectivity index (χ2n) is 4.32. The number of amides is 1. The number of aliphatic hydroxyl groups is 1. The van der Waals surface area contributed by atoms with E-state index in [1.807, 2.05) is 11.4 Å². The molecule has 0 spiro atoms.